The van der Waals surface area contributed by atoms with Crippen LogP contribution >= 0.6 is 0 Å². The van der Waals surface area contributed by atoms with Crippen molar-refractivity contribution in [2.24, 2.45) is 0 Å². The Kier molecular flexibility index (Phi) is 5.68. The third kappa shape index (κ3) is 4.01. The topological polar surface area (TPSA) is 15.7 Å². The minimum Gasteiger partial charge on any atom is -0.380 e. The summed E-state index contributed by atoms with van der Waals surface area (Å²) in [7, 11) is 1.89. The molecule has 26 heavy (non-hydrogen) atoms. The molecule has 3 saturated heterocycles. The maximum atomic E-state index is 5.91. The van der Waals surface area contributed by atoms with E-state index < -0.39 is 0 Å². The molecular formula is C23H30N2O. The van der Waals surface area contributed by atoms with Crippen LogP contribution < -0.4 is 0 Å². The summed E-state index contributed by atoms with van der Waals surface area (Å²) in [5, 5.41) is 0. The zero-order valence-corrected chi connectivity index (χ0v) is 15.8. The first-order valence-corrected chi connectivity index (χ1v) is 9.92. The van der Waals surface area contributed by atoms with Crippen LogP contribution in [-0.4, -0.2) is 54.7 Å². The molecule has 2 aromatic carbocycles. The van der Waals surface area contributed by atoms with Gasteiger partial charge in [-0.2, -0.15) is 0 Å². The first-order chi connectivity index (χ1) is 12.8. The summed E-state index contributed by atoms with van der Waals surface area (Å²) in [6.07, 6.45) is 3.90. The quantitative estimate of drug-likeness (QED) is 0.792. The van der Waals surface area contributed by atoms with E-state index in [0.717, 1.165) is 26.1 Å². The van der Waals surface area contributed by atoms with Gasteiger partial charge >= 0.3 is 0 Å². The average Bonchev–Trinajstić information content (AvgIpc) is 2.97. The van der Waals surface area contributed by atoms with Gasteiger partial charge in [0.15, 0.2) is 0 Å². The zero-order chi connectivity index (χ0) is 17.8. The molecule has 0 aromatic heterocycles. The molecule has 3 aliphatic heterocycles. The summed E-state index contributed by atoms with van der Waals surface area (Å²) in [5.74, 6) is 0. The van der Waals surface area contributed by atoms with Crippen LogP contribution in [0.1, 0.15) is 24.0 Å². The lowest BCUT2D eigenvalue weighted by molar-refractivity contribution is -0.0232. The molecule has 0 saturated carbocycles. The van der Waals surface area contributed by atoms with Crippen molar-refractivity contribution in [3.63, 3.8) is 0 Å². The SMILES string of the molecule is CO[C@@H]1CC[C@H]2CN(CCc3ccccc3)[C@@H]1CN2Cc1ccccc1. The summed E-state index contributed by atoms with van der Waals surface area (Å²) in [6, 6.07) is 22.9. The Labute approximate surface area is 157 Å². The molecule has 2 bridgehead atoms. The minimum atomic E-state index is 0.358. The van der Waals surface area contributed by atoms with Crippen LogP contribution in [0.4, 0.5) is 0 Å². The van der Waals surface area contributed by atoms with Gasteiger partial charge in [0.1, 0.15) is 0 Å². The number of rotatable bonds is 6. The lowest BCUT2D eigenvalue weighted by Gasteiger charge is -2.45. The van der Waals surface area contributed by atoms with Gasteiger partial charge in [0.05, 0.1) is 6.10 Å². The Balaban J connectivity index is 1.45. The highest BCUT2D eigenvalue weighted by atomic mass is 16.5. The van der Waals surface area contributed by atoms with Gasteiger partial charge in [0, 0.05) is 45.4 Å². The van der Waals surface area contributed by atoms with Crippen LogP contribution in [0, 0.1) is 0 Å². The van der Waals surface area contributed by atoms with Crippen LogP contribution in [0.15, 0.2) is 60.7 Å². The van der Waals surface area contributed by atoms with Crippen LogP contribution in [0.25, 0.3) is 0 Å². The second-order valence-corrected chi connectivity index (χ2v) is 7.72. The highest BCUT2D eigenvalue weighted by Crippen LogP contribution is 2.30. The van der Waals surface area contributed by atoms with Crippen molar-refractivity contribution in [1.29, 1.82) is 0 Å². The van der Waals surface area contributed by atoms with Gasteiger partial charge in [-0.1, -0.05) is 60.7 Å². The van der Waals surface area contributed by atoms with E-state index in [2.05, 4.69) is 70.5 Å². The van der Waals surface area contributed by atoms with E-state index in [1.165, 1.54) is 30.5 Å². The average molecular weight is 351 g/mol. The zero-order valence-electron chi connectivity index (χ0n) is 15.8. The van der Waals surface area contributed by atoms with Crippen molar-refractivity contribution in [1.82, 2.24) is 9.80 Å². The second kappa shape index (κ2) is 8.34. The number of ether oxygens (including phenoxy) is 1. The molecule has 0 aliphatic carbocycles. The molecule has 3 atom stereocenters. The maximum Gasteiger partial charge on any atom is 0.0739 e. The standard InChI is InChI=1S/C23H30N2O/c1-26-23-13-12-21-17-24(15-14-19-8-4-2-5-9-19)22(23)18-25(21)16-20-10-6-3-7-11-20/h2-11,21-23H,12-18H2,1H3/t21-,22+,23+/m0/s1. The fourth-order valence-corrected chi connectivity index (χ4v) is 4.66. The summed E-state index contributed by atoms with van der Waals surface area (Å²) in [4.78, 5) is 5.39. The van der Waals surface area contributed by atoms with Crippen molar-refractivity contribution in [3.05, 3.63) is 71.8 Å². The van der Waals surface area contributed by atoms with Crippen molar-refractivity contribution in [3.8, 4) is 0 Å². The predicted octanol–water partition coefficient (Wildman–Crippen LogP) is 3.59. The lowest BCUT2D eigenvalue weighted by Crippen LogP contribution is -2.59. The molecule has 5 rings (SSSR count). The van der Waals surface area contributed by atoms with E-state index in [9.17, 15) is 0 Å². The smallest absolute Gasteiger partial charge is 0.0739 e. The summed E-state index contributed by atoms with van der Waals surface area (Å²) in [5.41, 5.74) is 2.85. The molecule has 138 valence electrons. The molecular weight excluding hydrogens is 320 g/mol. The number of methoxy groups -OCH3 is 1. The Morgan fingerprint density at radius 2 is 1.54 bits per heavy atom. The minimum absolute atomic E-state index is 0.358. The molecule has 2 aromatic rings. The molecule has 3 nitrogen and oxygen atoms in total. The lowest BCUT2D eigenvalue weighted by atomic mass is 10.0. The largest absolute Gasteiger partial charge is 0.380 e. The van der Waals surface area contributed by atoms with Gasteiger partial charge < -0.3 is 4.74 Å². The number of nitrogens with zero attached hydrogens (tertiary/aromatic N) is 2. The Hall–Kier alpha value is -1.68. The fourth-order valence-electron chi connectivity index (χ4n) is 4.66. The van der Waals surface area contributed by atoms with Gasteiger partial charge in [-0.25, -0.2) is 0 Å². The van der Waals surface area contributed by atoms with Crippen LogP contribution in [0.2, 0.25) is 0 Å². The van der Waals surface area contributed by atoms with Crippen LogP contribution in [0.5, 0.6) is 0 Å². The normalized spacial score (nSPS) is 26.7. The van der Waals surface area contributed by atoms with E-state index in [4.69, 9.17) is 4.74 Å². The third-order valence-corrected chi connectivity index (χ3v) is 6.13. The number of benzene rings is 2. The Morgan fingerprint density at radius 1 is 0.846 bits per heavy atom. The summed E-state index contributed by atoms with van der Waals surface area (Å²) >= 11 is 0. The van der Waals surface area contributed by atoms with E-state index in [0.29, 0.717) is 18.2 Å². The van der Waals surface area contributed by atoms with Gasteiger partial charge in [-0.05, 0) is 30.4 Å². The van der Waals surface area contributed by atoms with Crippen molar-refractivity contribution >= 4 is 0 Å². The number of hydrogen-bond acceptors (Lipinski definition) is 3. The van der Waals surface area contributed by atoms with Gasteiger partial charge in [-0.15, -0.1) is 0 Å². The molecule has 3 fully saturated rings. The molecule has 0 spiro atoms. The van der Waals surface area contributed by atoms with E-state index in [1.807, 2.05) is 7.11 Å². The Bertz CT molecular complexity index is 675. The summed E-state index contributed by atoms with van der Waals surface area (Å²) in [6.45, 7) is 4.48. The van der Waals surface area contributed by atoms with Gasteiger partial charge in [0.25, 0.3) is 0 Å². The first-order valence-electron chi connectivity index (χ1n) is 9.92. The molecule has 3 heterocycles. The van der Waals surface area contributed by atoms with Crippen LogP contribution in [0.3, 0.4) is 0 Å². The molecule has 3 heteroatoms. The van der Waals surface area contributed by atoms with Crippen molar-refractivity contribution in [2.45, 2.75) is 44.0 Å². The molecule has 0 N–H and O–H groups in total. The Morgan fingerprint density at radius 3 is 2.23 bits per heavy atom. The third-order valence-electron chi connectivity index (χ3n) is 6.13. The van der Waals surface area contributed by atoms with E-state index in [1.54, 1.807) is 0 Å². The van der Waals surface area contributed by atoms with Crippen molar-refractivity contribution in [2.75, 3.05) is 26.7 Å². The first kappa shape index (κ1) is 17.7. The highest BCUT2D eigenvalue weighted by Gasteiger charge is 2.41. The molecule has 0 unspecified atom stereocenters. The number of piperazine rings is 1. The van der Waals surface area contributed by atoms with Gasteiger partial charge in [0.2, 0.25) is 0 Å². The number of fused-ring (bicyclic) bond motifs is 4. The fraction of sp³-hybridized carbons (Fsp3) is 0.478. The van der Waals surface area contributed by atoms with E-state index in [-0.39, 0.29) is 0 Å². The molecule has 0 amide bonds. The highest BCUT2D eigenvalue weighted by molar-refractivity contribution is 5.16. The summed E-state index contributed by atoms with van der Waals surface area (Å²) < 4.78 is 5.91. The monoisotopic (exact) mass is 350 g/mol. The molecule has 3 aliphatic rings. The molecule has 0 radical (unpaired) electrons. The van der Waals surface area contributed by atoms with Crippen LogP contribution in [-0.2, 0) is 17.7 Å². The van der Waals surface area contributed by atoms with E-state index >= 15 is 0 Å². The van der Waals surface area contributed by atoms with Crippen molar-refractivity contribution < 1.29 is 4.74 Å². The predicted molar refractivity (Wildman–Crippen MR) is 106 cm³/mol. The van der Waals surface area contributed by atoms with Gasteiger partial charge in [-0.3, -0.25) is 9.80 Å². The maximum absolute atomic E-state index is 5.91. The second-order valence-electron chi connectivity index (χ2n) is 7.72. The number of hydrogen-bond donors (Lipinski definition) is 0.